The van der Waals surface area contributed by atoms with Gasteiger partial charge in [0.2, 0.25) is 5.88 Å². The molecule has 9 heteroatoms. The minimum Gasteiger partial charge on any atom is -0.479 e. The van der Waals surface area contributed by atoms with Crippen LogP contribution in [0, 0.1) is 0 Å². The third-order valence-electron chi connectivity index (χ3n) is 4.33. The second-order valence-electron chi connectivity index (χ2n) is 6.07. The molecular formula is C18H17FN4O4. The van der Waals surface area contributed by atoms with Crippen molar-refractivity contribution >= 4 is 17.1 Å². The van der Waals surface area contributed by atoms with E-state index >= 15 is 0 Å². The van der Waals surface area contributed by atoms with Crippen molar-refractivity contribution in [2.24, 2.45) is 0 Å². The van der Waals surface area contributed by atoms with Crippen molar-refractivity contribution in [3.8, 4) is 5.88 Å². The van der Waals surface area contributed by atoms with E-state index in [0.717, 1.165) is 0 Å². The third-order valence-corrected chi connectivity index (χ3v) is 4.33. The third kappa shape index (κ3) is 3.33. The normalized spacial score (nSPS) is 22.1. The standard InChI is InChI=1S/C18H17FN4O4/c1-25-16-14-15(20-9-21-16)23(10-22-14)17-13(19)7-12(27-17)8-26-18(24)11-5-3-2-4-6-11/h2-6,9-10,12-13,17H,7-8H2,1H3/t12-,13-,17+/m0/s1. The van der Waals surface area contributed by atoms with Crippen molar-refractivity contribution < 1.29 is 23.4 Å². The Morgan fingerprint density at radius 3 is 2.89 bits per heavy atom. The Morgan fingerprint density at radius 1 is 1.30 bits per heavy atom. The first-order chi connectivity index (χ1) is 13.2. The minimum atomic E-state index is -1.29. The molecule has 27 heavy (non-hydrogen) atoms. The zero-order chi connectivity index (χ0) is 18.8. The molecule has 3 atom stereocenters. The topological polar surface area (TPSA) is 88.4 Å². The molecule has 4 rings (SSSR count). The number of ether oxygens (including phenoxy) is 3. The lowest BCUT2D eigenvalue weighted by Crippen LogP contribution is -2.19. The summed E-state index contributed by atoms with van der Waals surface area (Å²) in [6, 6.07) is 8.61. The fraction of sp³-hybridized carbons (Fsp3) is 0.333. The maximum absolute atomic E-state index is 14.6. The van der Waals surface area contributed by atoms with Gasteiger partial charge in [-0.2, -0.15) is 4.98 Å². The fourth-order valence-electron chi connectivity index (χ4n) is 3.04. The van der Waals surface area contributed by atoms with E-state index in [1.807, 2.05) is 6.07 Å². The maximum atomic E-state index is 14.6. The summed E-state index contributed by atoms with van der Waals surface area (Å²) in [7, 11) is 1.47. The van der Waals surface area contributed by atoms with Gasteiger partial charge in [-0.3, -0.25) is 4.57 Å². The molecule has 1 fully saturated rings. The monoisotopic (exact) mass is 372 g/mol. The number of esters is 1. The van der Waals surface area contributed by atoms with Crippen LogP contribution in [0.4, 0.5) is 4.39 Å². The number of carbonyl (C=O) groups excluding carboxylic acids is 1. The van der Waals surface area contributed by atoms with Gasteiger partial charge in [0.05, 0.1) is 25.1 Å². The van der Waals surface area contributed by atoms with E-state index < -0.39 is 24.5 Å². The van der Waals surface area contributed by atoms with E-state index in [0.29, 0.717) is 22.6 Å². The lowest BCUT2D eigenvalue weighted by molar-refractivity contribution is -0.0420. The summed E-state index contributed by atoms with van der Waals surface area (Å²) < 4.78 is 32.2. The largest absolute Gasteiger partial charge is 0.479 e. The highest BCUT2D eigenvalue weighted by atomic mass is 19.1. The molecule has 1 saturated heterocycles. The SMILES string of the molecule is COc1ncnc2c1ncn2[C@@H]1O[C@H](COC(=O)c2ccccc2)C[C@@H]1F. The lowest BCUT2D eigenvalue weighted by Gasteiger charge is -2.16. The number of hydrogen-bond acceptors (Lipinski definition) is 7. The first-order valence-electron chi connectivity index (χ1n) is 8.40. The van der Waals surface area contributed by atoms with Crippen LogP contribution >= 0.6 is 0 Å². The first kappa shape index (κ1) is 17.3. The average Bonchev–Trinajstić information content (AvgIpc) is 3.29. The maximum Gasteiger partial charge on any atom is 0.338 e. The Bertz CT molecular complexity index is 949. The van der Waals surface area contributed by atoms with Gasteiger partial charge in [-0.1, -0.05) is 18.2 Å². The van der Waals surface area contributed by atoms with Crippen LogP contribution < -0.4 is 4.74 Å². The summed E-state index contributed by atoms with van der Waals surface area (Å²) in [4.78, 5) is 24.3. The predicted octanol–water partition coefficient (Wildman–Crippen LogP) is 2.32. The molecule has 0 radical (unpaired) electrons. The van der Waals surface area contributed by atoms with Crippen LogP contribution in [-0.2, 0) is 9.47 Å². The van der Waals surface area contributed by atoms with E-state index in [-0.39, 0.29) is 13.0 Å². The molecule has 0 saturated carbocycles. The van der Waals surface area contributed by atoms with Crippen molar-refractivity contribution in [3.63, 3.8) is 0 Å². The van der Waals surface area contributed by atoms with Crippen molar-refractivity contribution in [1.82, 2.24) is 19.5 Å². The van der Waals surface area contributed by atoms with Crippen molar-refractivity contribution in [1.29, 1.82) is 0 Å². The highest BCUT2D eigenvalue weighted by Gasteiger charge is 2.38. The van der Waals surface area contributed by atoms with Gasteiger partial charge in [-0.25, -0.2) is 19.2 Å². The molecule has 3 aromatic rings. The quantitative estimate of drug-likeness (QED) is 0.635. The average molecular weight is 372 g/mol. The van der Waals surface area contributed by atoms with E-state index in [1.54, 1.807) is 24.3 Å². The molecule has 0 spiro atoms. The molecule has 0 bridgehead atoms. The Labute approximate surface area is 153 Å². The number of nitrogens with zero attached hydrogens (tertiary/aromatic N) is 4. The van der Waals surface area contributed by atoms with Gasteiger partial charge in [-0.05, 0) is 12.1 Å². The summed E-state index contributed by atoms with van der Waals surface area (Å²) in [5, 5.41) is 0. The Hall–Kier alpha value is -3.07. The number of aromatic nitrogens is 4. The lowest BCUT2D eigenvalue weighted by atomic mass is 10.2. The number of fused-ring (bicyclic) bond motifs is 1. The van der Waals surface area contributed by atoms with E-state index in [9.17, 15) is 9.18 Å². The highest BCUT2D eigenvalue weighted by Crippen LogP contribution is 2.34. The number of carbonyl (C=O) groups is 1. The molecule has 3 heterocycles. The van der Waals surface area contributed by atoms with Gasteiger partial charge < -0.3 is 14.2 Å². The number of alkyl halides is 1. The number of rotatable bonds is 5. The van der Waals surface area contributed by atoms with Gasteiger partial charge in [0.1, 0.15) is 19.1 Å². The molecule has 1 aliphatic heterocycles. The molecule has 1 aliphatic rings. The van der Waals surface area contributed by atoms with Crippen LogP contribution in [-0.4, -0.2) is 51.5 Å². The number of hydrogen-bond donors (Lipinski definition) is 0. The zero-order valence-corrected chi connectivity index (χ0v) is 14.5. The van der Waals surface area contributed by atoms with Gasteiger partial charge in [0.15, 0.2) is 17.4 Å². The summed E-state index contributed by atoms with van der Waals surface area (Å²) in [6.45, 7) is -0.0322. The highest BCUT2D eigenvalue weighted by molar-refractivity contribution is 5.89. The minimum absolute atomic E-state index is 0.0322. The molecule has 0 amide bonds. The molecule has 140 valence electrons. The zero-order valence-electron chi connectivity index (χ0n) is 14.5. The first-order valence-corrected chi connectivity index (χ1v) is 8.40. The molecule has 0 aliphatic carbocycles. The molecular weight excluding hydrogens is 355 g/mol. The molecule has 0 N–H and O–H groups in total. The summed E-state index contributed by atoms with van der Waals surface area (Å²) in [6.07, 6.45) is 0.116. The van der Waals surface area contributed by atoms with Gasteiger partial charge in [0, 0.05) is 6.42 Å². The summed E-state index contributed by atoms with van der Waals surface area (Å²) in [5.41, 5.74) is 1.28. The van der Waals surface area contributed by atoms with Crippen LogP contribution in [0.15, 0.2) is 43.0 Å². The second kappa shape index (κ2) is 7.28. The van der Waals surface area contributed by atoms with E-state index in [2.05, 4.69) is 15.0 Å². The van der Waals surface area contributed by atoms with Gasteiger partial charge in [0.25, 0.3) is 0 Å². The van der Waals surface area contributed by atoms with Crippen molar-refractivity contribution in [3.05, 3.63) is 48.5 Å². The van der Waals surface area contributed by atoms with Crippen LogP contribution in [0.5, 0.6) is 5.88 Å². The Kier molecular flexibility index (Phi) is 4.68. The molecule has 0 unspecified atom stereocenters. The summed E-state index contributed by atoms with van der Waals surface area (Å²) in [5.74, 6) is -0.163. The van der Waals surface area contributed by atoms with Gasteiger partial charge >= 0.3 is 5.97 Å². The van der Waals surface area contributed by atoms with E-state index in [4.69, 9.17) is 14.2 Å². The van der Waals surface area contributed by atoms with Crippen LogP contribution in [0.1, 0.15) is 23.0 Å². The molecule has 2 aromatic heterocycles. The van der Waals surface area contributed by atoms with Crippen LogP contribution in [0.2, 0.25) is 0 Å². The van der Waals surface area contributed by atoms with Gasteiger partial charge in [-0.15, -0.1) is 0 Å². The number of benzene rings is 1. The van der Waals surface area contributed by atoms with E-state index in [1.165, 1.54) is 24.3 Å². The fourth-order valence-corrected chi connectivity index (χ4v) is 3.04. The van der Waals surface area contributed by atoms with Crippen molar-refractivity contribution in [2.45, 2.75) is 24.9 Å². The van der Waals surface area contributed by atoms with Crippen LogP contribution in [0.3, 0.4) is 0 Å². The number of imidazole rings is 1. The molecule has 1 aromatic carbocycles. The second-order valence-corrected chi connectivity index (χ2v) is 6.07. The van der Waals surface area contributed by atoms with Crippen molar-refractivity contribution in [2.75, 3.05) is 13.7 Å². The predicted molar refractivity (Wildman–Crippen MR) is 92.0 cm³/mol. The van der Waals surface area contributed by atoms with Crippen LogP contribution in [0.25, 0.3) is 11.2 Å². The number of methoxy groups -OCH3 is 1. The summed E-state index contributed by atoms with van der Waals surface area (Å²) >= 11 is 0. The number of halogens is 1. The molecule has 8 nitrogen and oxygen atoms in total. The smallest absolute Gasteiger partial charge is 0.338 e. The Balaban J connectivity index is 1.45. The Morgan fingerprint density at radius 2 is 2.11 bits per heavy atom.